The zero-order chi connectivity index (χ0) is 13.1. The zero-order valence-electron chi connectivity index (χ0n) is 10.5. The molecule has 0 aliphatic heterocycles. The van der Waals surface area contributed by atoms with E-state index in [-0.39, 0.29) is 23.9 Å². The van der Waals surface area contributed by atoms with E-state index in [0.29, 0.717) is 10.0 Å². The summed E-state index contributed by atoms with van der Waals surface area (Å²) in [5.41, 5.74) is 5.72. The van der Waals surface area contributed by atoms with Crippen LogP contribution in [0.4, 0.5) is 10.9 Å². The number of ether oxygens (including phenoxy) is 1. The van der Waals surface area contributed by atoms with Gasteiger partial charge in [-0.05, 0) is 19.3 Å². The highest BCUT2D eigenvalue weighted by Gasteiger charge is 2.27. The molecule has 18 heavy (non-hydrogen) atoms. The lowest BCUT2D eigenvalue weighted by Crippen LogP contribution is -2.33. The van der Waals surface area contributed by atoms with Gasteiger partial charge in [0.05, 0.1) is 6.10 Å². The van der Waals surface area contributed by atoms with Crippen LogP contribution in [-0.4, -0.2) is 37.2 Å². The number of rotatable bonds is 4. The van der Waals surface area contributed by atoms with Crippen molar-refractivity contribution in [1.82, 2.24) is 10.3 Å². The number of aromatic nitrogens is 1. The van der Waals surface area contributed by atoms with Crippen molar-refractivity contribution < 1.29 is 9.53 Å². The second-order valence-electron chi connectivity index (χ2n) is 4.32. The Bertz CT molecular complexity index is 435. The number of nitrogens with one attached hydrogen (secondary N) is 2. The molecule has 100 valence electrons. The van der Waals surface area contributed by atoms with Crippen LogP contribution in [-0.2, 0) is 4.74 Å². The second-order valence-corrected chi connectivity index (χ2v) is 5.32. The van der Waals surface area contributed by atoms with Crippen LogP contribution in [0.1, 0.15) is 28.9 Å². The second kappa shape index (κ2) is 5.53. The molecule has 1 saturated carbocycles. The number of thiazole rings is 1. The van der Waals surface area contributed by atoms with Crippen LogP contribution in [0.15, 0.2) is 0 Å². The van der Waals surface area contributed by atoms with Gasteiger partial charge in [0.15, 0.2) is 5.13 Å². The SMILES string of the molecule is CNc1nc(N)c(C(=O)NC2CCC(OC)C2)s1. The minimum absolute atomic E-state index is 0.145. The number of hydrogen-bond acceptors (Lipinski definition) is 6. The number of nitrogens with two attached hydrogens (primary N) is 1. The number of methoxy groups -OCH3 is 1. The molecule has 0 aromatic carbocycles. The quantitative estimate of drug-likeness (QED) is 0.761. The Labute approximate surface area is 110 Å². The lowest BCUT2D eigenvalue weighted by atomic mass is 10.2. The molecule has 0 saturated heterocycles. The van der Waals surface area contributed by atoms with E-state index in [1.807, 2.05) is 0 Å². The van der Waals surface area contributed by atoms with Gasteiger partial charge < -0.3 is 21.1 Å². The molecule has 4 N–H and O–H groups in total. The first-order valence-corrected chi connectivity index (χ1v) is 6.73. The van der Waals surface area contributed by atoms with Crippen molar-refractivity contribution in [3.63, 3.8) is 0 Å². The van der Waals surface area contributed by atoms with E-state index in [0.717, 1.165) is 19.3 Å². The van der Waals surface area contributed by atoms with Crippen LogP contribution in [0.3, 0.4) is 0 Å². The number of carbonyl (C=O) groups excluding carboxylic acids is 1. The highest BCUT2D eigenvalue weighted by atomic mass is 32.1. The van der Waals surface area contributed by atoms with E-state index in [1.54, 1.807) is 14.2 Å². The van der Waals surface area contributed by atoms with Crippen LogP contribution in [0.5, 0.6) is 0 Å². The maximum absolute atomic E-state index is 12.1. The smallest absolute Gasteiger partial charge is 0.265 e. The predicted octanol–water partition coefficient (Wildman–Crippen LogP) is 1.06. The molecule has 0 spiro atoms. The Kier molecular flexibility index (Phi) is 4.03. The standard InChI is InChI=1S/C11H18N4O2S/c1-13-11-15-9(12)8(18-11)10(16)14-6-3-4-7(5-6)17-2/h6-7H,3-5,12H2,1-2H3,(H,13,15)(H,14,16). The molecule has 1 fully saturated rings. The molecule has 2 rings (SSSR count). The zero-order valence-corrected chi connectivity index (χ0v) is 11.3. The first-order chi connectivity index (χ1) is 8.63. The molecule has 2 atom stereocenters. The van der Waals surface area contributed by atoms with E-state index in [1.165, 1.54) is 11.3 Å². The molecule has 2 unspecified atom stereocenters. The molecule has 1 amide bonds. The molecule has 1 aromatic rings. The van der Waals surface area contributed by atoms with Crippen molar-refractivity contribution in [2.24, 2.45) is 0 Å². The fourth-order valence-corrected chi connectivity index (χ4v) is 2.88. The third kappa shape index (κ3) is 2.73. The molecule has 1 heterocycles. The Morgan fingerprint density at radius 3 is 2.89 bits per heavy atom. The van der Waals surface area contributed by atoms with Gasteiger partial charge in [-0.1, -0.05) is 11.3 Å². The van der Waals surface area contributed by atoms with Crippen LogP contribution in [0, 0.1) is 0 Å². The highest BCUT2D eigenvalue weighted by molar-refractivity contribution is 7.18. The molecule has 1 aromatic heterocycles. The van der Waals surface area contributed by atoms with E-state index in [4.69, 9.17) is 10.5 Å². The number of amides is 1. The van der Waals surface area contributed by atoms with E-state index in [2.05, 4.69) is 15.6 Å². The minimum Gasteiger partial charge on any atom is -0.382 e. The van der Waals surface area contributed by atoms with Gasteiger partial charge in [0.25, 0.3) is 5.91 Å². The number of anilines is 2. The van der Waals surface area contributed by atoms with Crippen molar-refractivity contribution in [2.45, 2.75) is 31.4 Å². The van der Waals surface area contributed by atoms with E-state index >= 15 is 0 Å². The Morgan fingerprint density at radius 1 is 1.56 bits per heavy atom. The van der Waals surface area contributed by atoms with Gasteiger partial charge in [0.2, 0.25) is 0 Å². The lowest BCUT2D eigenvalue weighted by Gasteiger charge is -2.12. The first kappa shape index (κ1) is 13.1. The number of nitrogens with zero attached hydrogens (tertiary/aromatic N) is 1. The highest BCUT2D eigenvalue weighted by Crippen LogP contribution is 2.26. The van der Waals surface area contributed by atoms with Crippen molar-refractivity contribution >= 4 is 28.2 Å². The molecule has 6 nitrogen and oxygen atoms in total. The molecule has 7 heteroatoms. The largest absolute Gasteiger partial charge is 0.382 e. The normalized spacial score (nSPS) is 23.0. The topological polar surface area (TPSA) is 89.3 Å². The Hall–Kier alpha value is -1.34. The van der Waals surface area contributed by atoms with Crippen LogP contribution in [0.2, 0.25) is 0 Å². The van der Waals surface area contributed by atoms with Gasteiger partial charge in [-0.15, -0.1) is 0 Å². The number of hydrogen-bond donors (Lipinski definition) is 3. The summed E-state index contributed by atoms with van der Waals surface area (Å²) in [6, 6.07) is 0.169. The van der Waals surface area contributed by atoms with Gasteiger partial charge in [-0.2, -0.15) is 0 Å². The molecule has 1 aliphatic carbocycles. The maximum atomic E-state index is 12.1. The lowest BCUT2D eigenvalue weighted by molar-refractivity contribution is 0.0919. The van der Waals surface area contributed by atoms with Gasteiger partial charge in [-0.25, -0.2) is 4.98 Å². The van der Waals surface area contributed by atoms with Gasteiger partial charge in [0.1, 0.15) is 10.7 Å². The van der Waals surface area contributed by atoms with Crippen LogP contribution in [0.25, 0.3) is 0 Å². The summed E-state index contributed by atoms with van der Waals surface area (Å²) < 4.78 is 5.28. The summed E-state index contributed by atoms with van der Waals surface area (Å²) in [6.07, 6.45) is 3.05. The molecular weight excluding hydrogens is 252 g/mol. The maximum Gasteiger partial charge on any atom is 0.265 e. The monoisotopic (exact) mass is 270 g/mol. The van der Waals surface area contributed by atoms with Crippen LogP contribution >= 0.6 is 11.3 Å². The summed E-state index contributed by atoms with van der Waals surface area (Å²) in [7, 11) is 3.45. The summed E-state index contributed by atoms with van der Waals surface area (Å²) in [5, 5.41) is 6.51. The van der Waals surface area contributed by atoms with Gasteiger partial charge in [-0.3, -0.25) is 4.79 Å². The minimum atomic E-state index is -0.145. The van der Waals surface area contributed by atoms with Crippen LogP contribution < -0.4 is 16.4 Å². The Balaban J connectivity index is 1.97. The van der Waals surface area contributed by atoms with E-state index < -0.39 is 0 Å². The average Bonchev–Trinajstić information content (AvgIpc) is 2.95. The molecular formula is C11H18N4O2S. The van der Waals surface area contributed by atoms with Crippen molar-refractivity contribution in [2.75, 3.05) is 25.2 Å². The third-order valence-electron chi connectivity index (χ3n) is 3.13. The van der Waals surface area contributed by atoms with Gasteiger partial charge >= 0.3 is 0 Å². The van der Waals surface area contributed by atoms with Crippen molar-refractivity contribution in [3.05, 3.63) is 4.88 Å². The fourth-order valence-electron chi connectivity index (χ4n) is 2.14. The number of carbonyl (C=O) groups is 1. The average molecular weight is 270 g/mol. The summed E-state index contributed by atoms with van der Waals surface area (Å²) >= 11 is 1.27. The molecule has 0 bridgehead atoms. The summed E-state index contributed by atoms with van der Waals surface area (Å²) in [5.74, 6) is 0.136. The molecule has 1 aliphatic rings. The summed E-state index contributed by atoms with van der Waals surface area (Å²) in [4.78, 5) is 16.6. The Morgan fingerprint density at radius 2 is 2.33 bits per heavy atom. The van der Waals surface area contributed by atoms with Crippen molar-refractivity contribution in [3.8, 4) is 0 Å². The third-order valence-corrected chi connectivity index (χ3v) is 4.21. The van der Waals surface area contributed by atoms with Gasteiger partial charge in [0, 0.05) is 20.2 Å². The van der Waals surface area contributed by atoms with Crippen molar-refractivity contribution in [1.29, 1.82) is 0 Å². The molecule has 0 radical (unpaired) electrons. The predicted molar refractivity (Wildman–Crippen MR) is 72.0 cm³/mol. The fraction of sp³-hybridized carbons (Fsp3) is 0.636. The number of nitrogen functional groups attached to an aromatic ring is 1. The first-order valence-electron chi connectivity index (χ1n) is 5.91. The van der Waals surface area contributed by atoms with E-state index in [9.17, 15) is 4.79 Å². The summed E-state index contributed by atoms with van der Waals surface area (Å²) in [6.45, 7) is 0.